The summed E-state index contributed by atoms with van der Waals surface area (Å²) >= 11 is 0. The Hall–Kier alpha value is -1.92. The first-order valence-corrected chi connectivity index (χ1v) is 11.1. The molecule has 8 atom stereocenters. The summed E-state index contributed by atoms with van der Waals surface area (Å²) in [5.74, 6) is -0.721. The monoisotopic (exact) mass is 420 g/mol. The van der Waals surface area contributed by atoms with E-state index < -0.39 is 35.5 Å². The minimum Gasteiger partial charge on any atom is -0.465 e. The largest absolute Gasteiger partial charge is 0.465 e. The fraction of sp³-hybridized carbons (Fsp3) is 0.826. The maximum absolute atomic E-state index is 13.1. The van der Waals surface area contributed by atoms with Crippen LogP contribution in [0.15, 0.2) is 0 Å². The second kappa shape index (κ2) is 7.34. The van der Waals surface area contributed by atoms with E-state index in [-0.39, 0.29) is 35.6 Å². The molecule has 4 fully saturated rings. The quantitative estimate of drug-likeness (QED) is 0.501. The first-order valence-electron chi connectivity index (χ1n) is 11.1. The molecule has 3 saturated carbocycles. The number of carbonyl (C=O) groups excluding carboxylic acids is 4. The van der Waals surface area contributed by atoms with Crippen LogP contribution in [0, 0.1) is 34.5 Å². The van der Waals surface area contributed by atoms with Gasteiger partial charge in [0.05, 0.1) is 12.5 Å². The topological polar surface area (TPSA) is 96.0 Å². The molecule has 30 heavy (non-hydrogen) atoms. The van der Waals surface area contributed by atoms with Crippen LogP contribution < -0.4 is 0 Å². The van der Waals surface area contributed by atoms with Gasteiger partial charge in [-0.05, 0) is 42.9 Å². The van der Waals surface area contributed by atoms with Crippen LogP contribution in [-0.4, -0.2) is 42.5 Å². The number of esters is 3. The predicted molar refractivity (Wildman–Crippen MR) is 105 cm³/mol. The maximum atomic E-state index is 13.1. The molecule has 4 aliphatic rings. The van der Waals surface area contributed by atoms with Gasteiger partial charge < -0.3 is 14.2 Å². The van der Waals surface area contributed by atoms with Gasteiger partial charge in [0.15, 0.2) is 0 Å². The standard InChI is InChI=1S/C23H32O7/c1-12(24)29-18-9-17-21(27)28-11-14-15-5-6-20(26)22(15,3)8-7-16(14)23(17,4)10-19(18)30-13(2)25/h14-19H,5-11H2,1-4H3/t14-,15-,16-,17+,18-,19+,22-,23+/m0/s1. The fourth-order valence-electron chi connectivity index (χ4n) is 7.19. The van der Waals surface area contributed by atoms with E-state index in [1.165, 1.54) is 13.8 Å². The van der Waals surface area contributed by atoms with Gasteiger partial charge in [-0.25, -0.2) is 0 Å². The van der Waals surface area contributed by atoms with Gasteiger partial charge in [-0.15, -0.1) is 0 Å². The number of ketones is 1. The molecule has 166 valence electrons. The van der Waals surface area contributed by atoms with Crippen molar-refractivity contribution in [1.82, 2.24) is 0 Å². The molecule has 0 aromatic carbocycles. The molecule has 4 rings (SSSR count). The number of Topliss-reactive ketones (excluding diaryl/α,β-unsaturated/α-hetero) is 1. The summed E-state index contributed by atoms with van der Waals surface area (Å²) in [5.41, 5.74) is -0.768. The normalized spacial score (nSPS) is 45.3. The van der Waals surface area contributed by atoms with E-state index >= 15 is 0 Å². The second-order valence-corrected chi connectivity index (χ2v) is 10.2. The van der Waals surface area contributed by atoms with Crippen LogP contribution in [0.5, 0.6) is 0 Å². The van der Waals surface area contributed by atoms with Crippen LogP contribution in [-0.2, 0) is 33.4 Å². The van der Waals surface area contributed by atoms with Gasteiger partial charge >= 0.3 is 17.9 Å². The highest BCUT2D eigenvalue weighted by Gasteiger charge is 2.63. The van der Waals surface area contributed by atoms with Gasteiger partial charge in [-0.2, -0.15) is 0 Å². The highest BCUT2D eigenvalue weighted by atomic mass is 16.6. The average molecular weight is 421 g/mol. The van der Waals surface area contributed by atoms with Crippen molar-refractivity contribution < 1.29 is 33.4 Å². The predicted octanol–water partition coefficient (Wildman–Crippen LogP) is 2.83. The molecule has 0 radical (unpaired) electrons. The van der Waals surface area contributed by atoms with E-state index in [4.69, 9.17) is 14.2 Å². The van der Waals surface area contributed by atoms with Gasteiger partial charge in [-0.3, -0.25) is 19.2 Å². The first-order chi connectivity index (χ1) is 14.1. The van der Waals surface area contributed by atoms with Crippen LogP contribution in [0.25, 0.3) is 0 Å². The summed E-state index contributed by atoms with van der Waals surface area (Å²) < 4.78 is 16.8. The summed E-state index contributed by atoms with van der Waals surface area (Å²) in [5, 5.41) is 0. The number of carbonyl (C=O) groups is 4. The number of ether oxygens (including phenoxy) is 3. The maximum Gasteiger partial charge on any atom is 0.309 e. The van der Waals surface area contributed by atoms with Gasteiger partial charge in [-0.1, -0.05) is 13.8 Å². The van der Waals surface area contributed by atoms with E-state index in [0.717, 1.165) is 19.3 Å². The molecule has 3 aliphatic carbocycles. The van der Waals surface area contributed by atoms with Crippen molar-refractivity contribution >= 4 is 23.7 Å². The SMILES string of the molecule is CC(=O)O[C@H]1C[C@@H]2C(=O)OC[C@@H]3[C@H](CC[C@]4(C)C(=O)CC[C@@H]34)[C@@]2(C)C[C@H]1OC(C)=O. The molecule has 0 spiro atoms. The molecule has 1 heterocycles. The van der Waals surface area contributed by atoms with Crippen LogP contribution in [0.1, 0.15) is 66.2 Å². The third-order valence-corrected chi connectivity index (χ3v) is 8.65. The molecule has 7 nitrogen and oxygen atoms in total. The molecule has 0 N–H and O–H groups in total. The Bertz CT molecular complexity index is 776. The van der Waals surface area contributed by atoms with Crippen LogP contribution in [0.4, 0.5) is 0 Å². The Balaban J connectivity index is 1.69. The molecule has 0 aromatic heterocycles. The van der Waals surface area contributed by atoms with E-state index in [2.05, 4.69) is 13.8 Å². The lowest BCUT2D eigenvalue weighted by Gasteiger charge is -2.54. The van der Waals surface area contributed by atoms with Crippen LogP contribution >= 0.6 is 0 Å². The number of hydrogen-bond acceptors (Lipinski definition) is 7. The van der Waals surface area contributed by atoms with Crippen molar-refractivity contribution in [2.45, 2.75) is 78.4 Å². The van der Waals surface area contributed by atoms with Gasteiger partial charge in [0.2, 0.25) is 0 Å². The lowest BCUT2D eigenvalue weighted by Crippen LogP contribution is -2.55. The van der Waals surface area contributed by atoms with Crippen molar-refractivity contribution in [3.05, 3.63) is 0 Å². The Morgan fingerprint density at radius 1 is 1.00 bits per heavy atom. The number of fused-ring (bicyclic) bond motifs is 5. The molecule has 7 heteroatoms. The fourth-order valence-corrected chi connectivity index (χ4v) is 7.19. The molecule has 0 unspecified atom stereocenters. The lowest BCUT2D eigenvalue weighted by molar-refractivity contribution is -0.187. The molecular weight excluding hydrogens is 388 g/mol. The zero-order valence-electron chi connectivity index (χ0n) is 18.3. The second-order valence-electron chi connectivity index (χ2n) is 10.2. The van der Waals surface area contributed by atoms with Crippen LogP contribution in [0.3, 0.4) is 0 Å². The highest BCUT2D eigenvalue weighted by molar-refractivity contribution is 5.87. The van der Waals surface area contributed by atoms with Gasteiger partial charge in [0.25, 0.3) is 0 Å². The van der Waals surface area contributed by atoms with Crippen molar-refractivity contribution in [2.24, 2.45) is 34.5 Å². The number of cyclic esters (lactones) is 1. The molecule has 0 amide bonds. The van der Waals surface area contributed by atoms with E-state index in [1.807, 2.05) is 0 Å². The molecule has 0 bridgehead atoms. The van der Waals surface area contributed by atoms with E-state index in [1.54, 1.807) is 0 Å². The Kier molecular flexibility index (Phi) is 5.22. The lowest BCUT2D eigenvalue weighted by atomic mass is 9.49. The minimum atomic E-state index is -0.657. The molecule has 1 saturated heterocycles. The molecular formula is C23H32O7. The summed E-state index contributed by atoms with van der Waals surface area (Å²) in [4.78, 5) is 49.1. The number of hydrogen-bond donors (Lipinski definition) is 0. The highest BCUT2D eigenvalue weighted by Crippen LogP contribution is 2.62. The molecule has 1 aliphatic heterocycles. The average Bonchev–Trinajstić information content (AvgIpc) is 2.90. The van der Waals surface area contributed by atoms with Gasteiger partial charge in [0, 0.05) is 38.0 Å². The smallest absolute Gasteiger partial charge is 0.309 e. The van der Waals surface area contributed by atoms with Crippen molar-refractivity contribution in [3.63, 3.8) is 0 Å². The van der Waals surface area contributed by atoms with E-state index in [0.29, 0.717) is 25.2 Å². The van der Waals surface area contributed by atoms with Crippen LogP contribution in [0.2, 0.25) is 0 Å². The van der Waals surface area contributed by atoms with Crippen molar-refractivity contribution in [3.8, 4) is 0 Å². The first kappa shape index (κ1) is 21.3. The Morgan fingerprint density at radius 3 is 2.33 bits per heavy atom. The van der Waals surface area contributed by atoms with Crippen molar-refractivity contribution in [1.29, 1.82) is 0 Å². The summed E-state index contributed by atoms with van der Waals surface area (Å²) in [6, 6.07) is 0. The zero-order valence-corrected chi connectivity index (χ0v) is 18.3. The number of rotatable bonds is 2. The molecule has 0 aromatic rings. The third-order valence-electron chi connectivity index (χ3n) is 8.65. The summed E-state index contributed by atoms with van der Waals surface area (Å²) in [6.07, 6.45) is 2.60. The van der Waals surface area contributed by atoms with Gasteiger partial charge in [0.1, 0.15) is 18.0 Å². The van der Waals surface area contributed by atoms with Crippen molar-refractivity contribution in [2.75, 3.05) is 6.61 Å². The summed E-state index contributed by atoms with van der Waals surface area (Å²) in [7, 11) is 0. The Labute approximate surface area is 177 Å². The third kappa shape index (κ3) is 3.25. The summed E-state index contributed by atoms with van der Waals surface area (Å²) in [6.45, 7) is 7.18. The Morgan fingerprint density at radius 2 is 1.67 bits per heavy atom. The zero-order chi connectivity index (χ0) is 21.8. The minimum absolute atomic E-state index is 0.123. The van der Waals surface area contributed by atoms with E-state index in [9.17, 15) is 19.2 Å².